The second kappa shape index (κ2) is 6.05. The van der Waals surface area contributed by atoms with Crippen LogP contribution in [0.5, 0.6) is 0 Å². The number of rotatable bonds is 3. The molecule has 2 nitrogen and oxygen atoms in total. The lowest BCUT2D eigenvalue weighted by Crippen LogP contribution is -2.50. The summed E-state index contributed by atoms with van der Waals surface area (Å²) in [7, 11) is 2.22. The minimum atomic E-state index is 0.617. The number of hydrogen-bond acceptors (Lipinski definition) is 2. The fourth-order valence-corrected chi connectivity index (χ4v) is 2.80. The first-order valence-corrected chi connectivity index (χ1v) is 7.12. The molecule has 1 saturated heterocycles. The SMILES string of the molecule is CC1CN(C)C(C)CC1NCc1ccc(Cl)cc1. The van der Waals surface area contributed by atoms with Gasteiger partial charge in [0, 0.05) is 30.2 Å². The summed E-state index contributed by atoms with van der Waals surface area (Å²) in [5.74, 6) is 0.707. The van der Waals surface area contributed by atoms with Crippen LogP contribution in [0.2, 0.25) is 5.02 Å². The summed E-state index contributed by atoms with van der Waals surface area (Å²) in [6, 6.07) is 9.39. The normalized spacial score (nSPS) is 29.4. The lowest BCUT2D eigenvalue weighted by Gasteiger charge is -2.40. The van der Waals surface area contributed by atoms with E-state index < -0.39 is 0 Å². The third-order valence-electron chi connectivity index (χ3n) is 4.09. The van der Waals surface area contributed by atoms with Crippen molar-refractivity contribution in [3.05, 3.63) is 34.9 Å². The first-order valence-electron chi connectivity index (χ1n) is 6.74. The Morgan fingerprint density at radius 3 is 2.61 bits per heavy atom. The molecule has 3 unspecified atom stereocenters. The van der Waals surface area contributed by atoms with Gasteiger partial charge in [0.05, 0.1) is 0 Å². The number of nitrogens with one attached hydrogen (secondary N) is 1. The summed E-state index contributed by atoms with van der Waals surface area (Å²) in [6.07, 6.45) is 1.23. The number of hydrogen-bond donors (Lipinski definition) is 1. The van der Waals surface area contributed by atoms with E-state index in [-0.39, 0.29) is 0 Å². The molecule has 100 valence electrons. The molecule has 0 saturated carbocycles. The molecule has 18 heavy (non-hydrogen) atoms. The van der Waals surface area contributed by atoms with E-state index in [1.54, 1.807) is 0 Å². The molecule has 1 N–H and O–H groups in total. The molecule has 0 aliphatic carbocycles. The summed E-state index contributed by atoms with van der Waals surface area (Å²) in [5.41, 5.74) is 1.30. The summed E-state index contributed by atoms with van der Waals surface area (Å²) in [4.78, 5) is 2.45. The highest BCUT2D eigenvalue weighted by Crippen LogP contribution is 2.21. The average molecular weight is 267 g/mol. The number of piperidine rings is 1. The predicted molar refractivity (Wildman–Crippen MR) is 78.0 cm³/mol. The summed E-state index contributed by atoms with van der Waals surface area (Å²) >= 11 is 5.89. The van der Waals surface area contributed by atoms with E-state index in [9.17, 15) is 0 Å². The van der Waals surface area contributed by atoms with Gasteiger partial charge in [-0.05, 0) is 44.0 Å². The van der Waals surface area contributed by atoms with E-state index in [0.29, 0.717) is 18.0 Å². The van der Waals surface area contributed by atoms with Crippen molar-refractivity contribution >= 4 is 11.6 Å². The van der Waals surface area contributed by atoms with Crippen LogP contribution >= 0.6 is 11.6 Å². The molecule has 2 rings (SSSR count). The lowest BCUT2D eigenvalue weighted by molar-refractivity contribution is 0.121. The quantitative estimate of drug-likeness (QED) is 0.904. The highest BCUT2D eigenvalue weighted by atomic mass is 35.5. The van der Waals surface area contributed by atoms with Gasteiger partial charge in [-0.2, -0.15) is 0 Å². The van der Waals surface area contributed by atoms with Crippen molar-refractivity contribution in [3.63, 3.8) is 0 Å². The first-order chi connectivity index (χ1) is 8.56. The Morgan fingerprint density at radius 1 is 1.28 bits per heavy atom. The second-order valence-electron chi connectivity index (χ2n) is 5.62. The second-order valence-corrected chi connectivity index (χ2v) is 6.05. The standard InChI is InChI=1S/C15H23ClN2/c1-11-10-18(3)12(2)8-15(11)17-9-13-4-6-14(16)7-5-13/h4-7,11-12,15,17H,8-10H2,1-3H3. The highest BCUT2D eigenvalue weighted by molar-refractivity contribution is 6.30. The van der Waals surface area contributed by atoms with Crippen LogP contribution in [-0.2, 0) is 6.54 Å². The van der Waals surface area contributed by atoms with Crippen LogP contribution in [0.3, 0.4) is 0 Å². The predicted octanol–water partition coefficient (Wildman–Crippen LogP) is 3.16. The molecule has 1 aromatic rings. The van der Waals surface area contributed by atoms with Gasteiger partial charge in [-0.15, -0.1) is 0 Å². The van der Waals surface area contributed by atoms with E-state index in [4.69, 9.17) is 11.6 Å². The lowest BCUT2D eigenvalue weighted by atomic mass is 9.90. The van der Waals surface area contributed by atoms with Crippen molar-refractivity contribution in [2.45, 2.75) is 38.9 Å². The van der Waals surface area contributed by atoms with E-state index >= 15 is 0 Å². The zero-order valence-electron chi connectivity index (χ0n) is 11.5. The van der Waals surface area contributed by atoms with Gasteiger partial charge in [0.1, 0.15) is 0 Å². The largest absolute Gasteiger partial charge is 0.310 e. The summed E-state index contributed by atoms with van der Waals surface area (Å²) in [5, 5.41) is 4.49. The number of likely N-dealkylation sites (tertiary alicyclic amines) is 1. The van der Waals surface area contributed by atoms with Gasteiger partial charge in [0.15, 0.2) is 0 Å². The van der Waals surface area contributed by atoms with Crippen molar-refractivity contribution < 1.29 is 0 Å². The van der Waals surface area contributed by atoms with Crippen molar-refractivity contribution in [1.82, 2.24) is 10.2 Å². The van der Waals surface area contributed by atoms with Crippen molar-refractivity contribution in [1.29, 1.82) is 0 Å². The van der Waals surface area contributed by atoms with E-state index in [2.05, 4.69) is 43.2 Å². The molecule has 0 bridgehead atoms. The Labute approximate surface area is 115 Å². The molecular formula is C15H23ClN2. The zero-order valence-corrected chi connectivity index (χ0v) is 12.2. The number of benzene rings is 1. The number of halogens is 1. The van der Waals surface area contributed by atoms with Crippen LogP contribution in [0.25, 0.3) is 0 Å². The maximum atomic E-state index is 5.89. The Hall–Kier alpha value is -0.570. The van der Waals surface area contributed by atoms with Crippen molar-refractivity contribution in [2.24, 2.45) is 5.92 Å². The van der Waals surface area contributed by atoms with Gasteiger partial charge in [-0.3, -0.25) is 0 Å². The van der Waals surface area contributed by atoms with Crippen LogP contribution in [0, 0.1) is 5.92 Å². The minimum Gasteiger partial charge on any atom is -0.310 e. The molecule has 0 aromatic heterocycles. The van der Waals surface area contributed by atoms with Crippen LogP contribution in [0.4, 0.5) is 0 Å². The fraction of sp³-hybridized carbons (Fsp3) is 0.600. The van der Waals surface area contributed by atoms with E-state index in [1.165, 1.54) is 18.5 Å². The van der Waals surface area contributed by atoms with Crippen molar-refractivity contribution in [2.75, 3.05) is 13.6 Å². The molecule has 0 radical (unpaired) electrons. The van der Waals surface area contributed by atoms with Gasteiger partial charge < -0.3 is 10.2 Å². The van der Waals surface area contributed by atoms with E-state index in [1.807, 2.05) is 12.1 Å². The Balaban J connectivity index is 1.88. The van der Waals surface area contributed by atoms with Crippen LogP contribution < -0.4 is 5.32 Å². The third kappa shape index (κ3) is 3.47. The molecule has 0 amide bonds. The zero-order chi connectivity index (χ0) is 13.1. The Morgan fingerprint density at radius 2 is 1.94 bits per heavy atom. The van der Waals surface area contributed by atoms with Gasteiger partial charge in [-0.1, -0.05) is 30.7 Å². The molecule has 1 fully saturated rings. The smallest absolute Gasteiger partial charge is 0.0406 e. The fourth-order valence-electron chi connectivity index (χ4n) is 2.68. The number of nitrogens with zero attached hydrogens (tertiary/aromatic N) is 1. The Bertz CT molecular complexity index is 377. The van der Waals surface area contributed by atoms with E-state index in [0.717, 1.165) is 11.6 Å². The highest BCUT2D eigenvalue weighted by Gasteiger charge is 2.28. The van der Waals surface area contributed by atoms with Gasteiger partial charge in [0.25, 0.3) is 0 Å². The molecule has 0 spiro atoms. The van der Waals surface area contributed by atoms with Gasteiger partial charge >= 0.3 is 0 Å². The Kier molecular flexibility index (Phi) is 4.66. The maximum Gasteiger partial charge on any atom is 0.0406 e. The van der Waals surface area contributed by atoms with Crippen LogP contribution in [0.1, 0.15) is 25.8 Å². The molecule has 1 aliphatic rings. The average Bonchev–Trinajstić information content (AvgIpc) is 2.34. The molecule has 1 heterocycles. The molecular weight excluding hydrogens is 244 g/mol. The van der Waals surface area contributed by atoms with Gasteiger partial charge in [-0.25, -0.2) is 0 Å². The van der Waals surface area contributed by atoms with Crippen LogP contribution in [-0.4, -0.2) is 30.6 Å². The van der Waals surface area contributed by atoms with Crippen molar-refractivity contribution in [3.8, 4) is 0 Å². The first kappa shape index (κ1) is 13.9. The summed E-state index contributed by atoms with van der Waals surface area (Å²) < 4.78 is 0. The molecule has 3 heteroatoms. The monoisotopic (exact) mass is 266 g/mol. The topological polar surface area (TPSA) is 15.3 Å². The minimum absolute atomic E-state index is 0.617. The molecule has 1 aliphatic heterocycles. The maximum absolute atomic E-state index is 5.89. The van der Waals surface area contributed by atoms with Crippen LogP contribution in [0.15, 0.2) is 24.3 Å². The molecule has 3 atom stereocenters. The summed E-state index contributed by atoms with van der Waals surface area (Å²) in [6.45, 7) is 6.76. The van der Waals surface area contributed by atoms with Gasteiger partial charge in [0.2, 0.25) is 0 Å². The third-order valence-corrected chi connectivity index (χ3v) is 4.34. The molecule has 1 aromatic carbocycles.